The largest absolute Gasteiger partial charge is 0.359 e. The van der Waals surface area contributed by atoms with Crippen molar-refractivity contribution in [3.05, 3.63) is 70.8 Å². The van der Waals surface area contributed by atoms with E-state index < -0.39 is 0 Å². The highest BCUT2D eigenvalue weighted by atomic mass is 16.1. The van der Waals surface area contributed by atoms with Gasteiger partial charge in [-0.25, -0.2) is 0 Å². The maximum atomic E-state index is 11.4. The Hall–Kier alpha value is -2.13. The molecule has 0 spiro atoms. The van der Waals surface area contributed by atoms with Gasteiger partial charge in [-0.15, -0.1) is 0 Å². The van der Waals surface area contributed by atoms with Crippen LogP contribution >= 0.6 is 0 Å². The van der Waals surface area contributed by atoms with Crippen molar-refractivity contribution in [1.29, 1.82) is 0 Å². The van der Waals surface area contributed by atoms with Gasteiger partial charge in [-0.2, -0.15) is 0 Å². The Morgan fingerprint density at radius 1 is 0.812 bits per heavy atom. The smallest absolute Gasteiger partial charge is 0.220 e. The summed E-state index contributed by atoms with van der Waals surface area (Å²) in [5.41, 5.74) is 5.47. The monoisotopic (exact) mass is 436 g/mol. The van der Waals surface area contributed by atoms with E-state index in [9.17, 15) is 4.79 Å². The number of amides is 1. The van der Waals surface area contributed by atoms with E-state index in [2.05, 4.69) is 100 Å². The lowest BCUT2D eigenvalue weighted by molar-refractivity contribution is -0.121. The highest BCUT2D eigenvalue weighted by Gasteiger charge is 2.24. The van der Waals surface area contributed by atoms with E-state index in [0.717, 1.165) is 0 Å². The van der Waals surface area contributed by atoms with Crippen molar-refractivity contribution in [1.82, 2.24) is 10.2 Å². The summed E-state index contributed by atoms with van der Waals surface area (Å²) in [6.45, 7) is 17.0. The number of aryl methyl sites for hydroxylation is 2. The molecule has 2 aromatic rings. The third-order valence-electron chi connectivity index (χ3n) is 6.80. The molecule has 0 bridgehead atoms. The molecule has 1 saturated heterocycles. The highest BCUT2D eigenvalue weighted by Crippen LogP contribution is 2.28. The lowest BCUT2D eigenvalue weighted by Crippen LogP contribution is -2.28. The number of hydrogen-bond acceptors (Lipinski definition) is 2. The maximum absolute atomic E-state index is 11.4. The average Bonchev–Trinajstić information content (AvgIpc) is 3.27. The van der Waals surface area contributed by atoms with E-state index in [-0.39, 0.29) is 11.3 Å². The lowest BCUT2D eigenvalue weighted by atomic mass is 9.81. The van der Waals surface area contributed by atoms with Crippen LogP contribution in [0.3, 0.4) is 0 Å². The quantitative estimate of drug-likeness (QED) is 0.563. The van der Waals surface area contributed by atoms with Crippen molar-refractivity contribution in [2.75, 3.05) is 26.7 Å². The van der Waals surface area contributed by atoms with Gasteiger partial charge in [0.1, 0.15) is 0 Å². The van der Waals surface area contributed by atoms with Crippen LogP contribution in [0.1, 0.15) is 75.6 Å². The molecule has 0 saturated carbocycles. The van der Waals surface area contributed by atoms with Crippen LogP contribution < -0.4 is 5.32 Å². The molecule has 1 aliphatic heterocycles. The first-order valence-corrected chi connectivity index (χ1v) is 12.1. The number of carbonyl (C=O) groups is 1. The minimum atomic E-state index is -0.103. The van der Waals surface area contributed by atoms with Crippen LogP contribution in [0.2, 0.25) is 0 Å². The summed E-state index contributed by atoms with van der Waals surface area (Å²) in [4.78, 5) is 14.0. The summed E-state index contributed by atoms with van der Waals surface area (Å²) < 4.78 is 0. The van der Waals surface area contributed by atoms with Gasteiger partial charge >= 0.3 is 0 Å². The topological polar surface area (TPSA) is 32.3 Å². The summed E-state index contributed by atoms with van der Waals surface area (Å²) in [5.74, 6) is 0.0839. The van der Waals surface area contributed by atoms with Crippen molar-refractivity contribution in [3.8, 4) is 0 Å². The Bertz CT molecular complexity index is 828. The van der Waals surface area contributed by atoms with Gasteiger partial charge in [0.05, 0.1) is 0 Å². The third-order valence-corrected chi connectivity index (χ3v) is 6.80. The van der Waals surface area contributed by atoms with E-state index in [1.807, 2.05) is 0 Å². The summed E-state index contributed by atoms with van der Waals surface area (Å²) in [7, 11) is 1.67. The molecule has 1 aliphatic rings. The molecular weight excluding hydrogens is 392 g/mol. The van der Waals surface area contributed by atoms with E-state index in [1.54, 1.807) is 7.05 Å². The zero-order valence-electron chi connectivity index (χ0n) is 21.4. The summed E-state index contributed by atoms with van der Waals surface area (Å²) in [6, 6.07) is 17.4. The number of nitrogens with one attached hydrogen (secondary N) is 1. The number of rotatable bonds is 7. The third kappa shape index (κ3) is 8.09. The minimum absolute atomic E-state index is 0.0839. The fourth-order valence-corrected chi connectivity index (χ4v) is 4.19. The SMILES string of the molecule is CNC(=O)CC(C)(C)c1ccc(C)cc1.Cc1ccc(C(C)(C)CCN2CCCC2)cc1. The molecule has 3 heteroatoms. The predicted octanol–water partition coefficient (Wildman–Crippen LogP) is 6.17. The van der Waals surface area contributed by atoms with Crippen LogP contribution in [0.5, 0.6) is 0 Å². The van der Waals surface area contributed by atoms with Gasteiger partial charge in [0.2, 0.25) is 5.91 Å². The van der Waals surface area contributed by atoms with Gasteiger partial charge in [0.25, 0.3) is 0 Å². The van der Waals surface area contributed by atoms with Gasteiger partial charge in [0.15, 0.2) is 0 Å². The van der Waals surface area contributed by atoms with Crippen molar-refractivity contribution in [2.24, 2.45) is 0 Å². The second-order valence-electron chi connectivity index (χ2n) is 10.6. The van der Waals surface area contributed by atoms with Crippen molar-refractivity contribution < 1.29 is 4.79 Å². The normalized spacial score (nSPS) is 14.6. The second kappa shape index (κ2) is 11.7. The van der Waals surface area contributed by atoms with E-state index >= 15 is 0 Å². The van der Waals surface area contributed by atoms with Crippen molar-refractivity contribution in [3.63, 3.8) is 0 Å². The molecule has 176 valence electrons. The number of likely N-dealkylation sites (tertiary alicyclic amines) is 1. The Morgan fingerprint density at radius 2 is 1.25 bits per heavy atom. The average molecular weight is 437 g/mol. The molecule has 32 heavy (non-hydrogen) atoms. The second-order valence-corrected chi connectivity index (χ2v) is 10.6. The van der Waals surface area contributed by atoms with Crippen LogP contribution in [0.4, 0.5) is 0 Å². The van der Waals surface area contributed by atoms with Crippen LogP contribution in [0.15, 0.2) is 48.5 Å². The van der Waals surface area contributed by atoms with Gasteiger partial charge in [-0.3, -0.25) is 4.79 Å². The maximum Gasteiger partial charge on any atom is 0.220 e. The molecule has 0 radical (unpaired) electrons. The first kappa shape index (κ1) is 26.1. The van der Waals surface area contributed by atoms with Gasteiger partial charge in [0, 0.05) is 13.5 Å². The molecule has 0 atom stereocenters. The Kier molecular flexibility index (Phi) is 9.51. The molecule has 2 aromatic carbocycles. The fraction of sp³-hybridized carbons (Fsp3) is 0.552. The molecule has 1 amide bonds. The van der Waals surface area contributed by atoms with E-state index in [0.29, 0.717) is 11.8 Å². The standard InChI is InChI=1S/C16H25N.C13H19NO/c1-14-6-8-15(9-7-14)16(2,3)10-13-17-11-4-5-12-17;1-10-5-7-11(8-6-10)13(2,3)9-12(15)14-4/h6-9H,4-5,10-13H2,1-3H3;5-8H,9H2,1-4H3,(H,14,15). The molecule has 1 fully saturated rings. The first-order valence-electron chi connectivity index (χ1n) is 12.1. The molecule has 1 heterocycles. The zero-order valence-corrected chi connectivity index (χ0v) is 21.4. The van der Waals surface area contributed by atoms with Gasteiger partial charge in [-0.05, 0) is 74.7 Å². The van der Waals surface area contributed by atoms with E-state index in [4.69, 9.17) is 0 Å². The molecule has 0 unspecified atom stereocenters. The van der Waals surface area contributed by atoms with E-state index in [1.165, 1.54) is 61.2 Å². The number of benzene rings is 2. The lowest BCUT2D eigenvalue weighted by Gasteiger charge is -2.28. The predicted molar refractivity (Wildman–Crippen MR) is 137 cm³/mol. The van der Waals surface area contributed by atoms with Crippen molar-refractivity contribution in [2.45, 2.75) is 78.1 Å². The zero-order chi connectivity index (χ0) is 23.8. The van der Waals surface area contributed by atoms with Gasteiger partial charge in [-0.1, -0.05) is 87.4 Å². The van der Waals surface area contributed by atoms with Crippen LogP contribution in [0, 0.1) is 13.8 Å². The number of hydrogen-bond donors (Lipinski definition) is 1. The molecular formula is C29H44N2O. The summed E-state index contributed by atoms with van der Waals surface area (Å²) >= 11 is 0. The van der Waals surface area contributed by atoms with Crippen molar-refractivity contribution >= 4 is 5.91 Å². The molecule has 3 nitrogen and oxygen atoms in total. The number of nitrogens with zero attached hydrogens (tertiary/aromatic N) is 1. The van der Waals surface area contributed by atoms with Gasteiger partial charge < -0.3 is 10.2 Å². The van der Waals surface area contributed by atoms with Crippen LogP contribution in [-0.4, -0.2) is 37.5 Å². The fourth-order valence-electron chi connectivity index (χ4n) is 4.19. The van der Waals surface area contributed by atoms with Crippen LogP contribution in [-0.2, 0) is 15.6 Å². The molecule has 0 aromatic heterocycles. The summed E-state index contributed by atoms with van der Waals surface area (Å²) in [5, 5.41) is 2.66. The highest BCUT2D eigenvalue weighted by molar-refractivity contribution is 5.77. The minimum Gasteiger partial charge on any atom is -0.359 e. The molecule has 1 N–H and O–H groups in total. The van der Waals surface area contributed by atoms with Crippen LogP contribution in [0.25, 0.3) is 0 Å². The Morgan fingerprint density at radius 3 is 1.69 bits per heavy atom. The first-order chi connectivity index (χ1) is 15.0. The number of carbonyl (C=O) groups excluding carboxylic acids is 1. The Balaban J connectivity index is 0.000000229. The summed E-state index contributed by atoms with van der Waals surface area (Å²) in [6.07, 6.45) is 4.57. The molecule has 3 rings (SSSR count). The molecule has 0 aliphatic carbocycles. The Labute approximate surface area is 196 Å².